The Hall–Kier alpha value is -2.93. The first-order valence-corrected chi connectivity index (χ1v) is 20.3. The fourth-order valence-electron chi connectivity index (χ4n) is 4.27. The van der Waals surface area contributed by atoms with Crippen LogP contribution in [0.3, 0.4) is 0 Å². The van der Waals surface area contributed by atoms with E-state index in [1.54, 1.807) is 12.1 Å². The van der Waals surface area contributed by atoms with Gasteiger partial charge in [-0.3, -0.25) is 0 Å². The standard InChI is InChI=1S/2C14H20F2NO2S.2C5H5.Ti/c2*1-2-3-4-5-6-7-10-20(18,19)17-14-9-8-12(15)11-13(14)16;2*1-2-4-5-3-1;/h2*8-9,17H,2-7,10H2,1H3;2*1-5H;/q4*-1;+4. The van der Waals surface area contributed by atoms with Crippen molar-refractivity contribution in [3.63, 3.8) is 0 Å². The van der Waals surface area contributed by atoms with Crippen LogP contribution in [0.25, 0.3) is 0 Å². The second-order valence-electron chi connectivity index (χ2n) is 11.4. The molecule has 4 aromatic carbocycles. The molecule has 2 N–H and O–H groups in total. The second kappa shape index (κ2) is 28.6. The van der Waals surface area contributed by atoms with Crippen molar-refractivity contribution in [1.29, 1.82) is 0 Å². The molecule has 0 aromatic heterocycles. The molecule has 0 heterocycles. The van der Waals surface area contributed by atoms with Crippen LogP contribution < -0.4 is 9.44 Å². The van der Waals surface area contributed by atoms with Crippen LogP contribution in [-0.2, 0) is 41.8 Å². The Balaban J connectivity index is 0.000000754. The number of benzene rings is 2. The first-order chi connectivity index (χ1) is 23.9. The van der Waals surface area contributed by atoms with Gasteiger partial charge in [-0.05, 0) is 24.2 Å². The number of rotatable bonds is 18. The van der Waals surface area contributed by atoms with Crippen LogP contribution in [0.15, 0.2) is 84.9 Å². The van der Waals surface area contributed by atoms with Gasteiger partial charge in [0.25, 0.3) is 0 Å². The number of anilines is 2. The van der Waals surface area contributed by atoms with Crippen LogP contribution in [0.5, 0.6) is 0 Å². The summed E-state index contributed by atoms with van der Waals surface area (Å²) in [7, 11) is -7.19. The van der Waals surface area contributed by atoms with E-state index in [1.807, 2.05) is 60.7 Å². The zero-order chi connectivity index (χ0) is 37.1. The van der Waals surface area contributed by atoms with Gasteiger partial charge in [-0.1, -0.05) is 78.1 Å². The van der Waals surface area contributed by atoms with Gasteiger partial charge in [-0.2, -0.15) is 36.4 Å². The maximum Gasteiger partial charge on any atom is 4.00 e. The molecule has 6 nitrogen and oxygen atoms in total. The molecule has 0 saturated heterocycles. The van der Waals surface area contributed by atoms with Crippen molar-refractivity contribution >= 4 is 31.4 Å². The average molecular weight is 787 g/mol. The van der Waals surface area contributed by atoms with Crippen LogP contribution in [-0.4, -0.2) is 28.3 Å². The van der Waals surface area contributed by atoms with Crippen molar-refractivity contribution in [2.45, 2.75) is 90.9 Å². The molecule has 0 bridgehead atoms. The van der Waals surface area contributed by atoms with Gasteiger partial charge in [-0.15, -0.1) is 36.4 Å². The summed E-state index contributed by atoms with van der Waals surface area (Å²) in [5.41, 5.74) is -0.533. The Morgan fingerprint density at radius 1 is 0.529 bits per heavy atom. The molecule has 0 aliphatic carbocycles. The Morgan fingerprint density at radius 3 is 1.12 bits per heavy atom. The molecule has 0 aliphatic heterocycles. The molecule has 0 spiro atoms. The second-order valence-corrected chi connectivity index (χ2v) is 15.1. The van der Waals surface area contributed by atoms with Crippen molar-refractivity contribution in [2.75, 3.05) is 20.9 Å². The van der Waals surface area contributed by atoms with Crippen molar-refractivity contribution in [2.24, 2.45) is 0 Å². The van der Waals surface area contributed by atoms with E-state index in [1.165, 1.54) is 0 Å². The SMILES string of the molecule is CCCCCCCCS(=O)(=O)Nc1ccc(F)[c-]c1F.CCCCCCCCS(=O)(=O)Nc1ccc(F)[c-]c1F.[Ti+4].c1cc[cH-]c1.c1cc[cH-]c1. The van der Waals surface area contributed by atoms with Gasteiger partial charge >= 0.3 is 21.7 Å². The monoisotopic (exact) mass is 786 g/mol. The van der Waals surface area contributed by atoms with E-state index in [0.29, 0.717) is 12.8 Å². The zero-order valence-corrected chi connectivity index (χ0v) is 32.6. The molecule has 0 aliphatic rings. The Morgan fingerprint density at radius 2 is 0.843 bits per heavy atom. The third-order valence-corrected chi connectivity index (χ3v) is 9.61. The number of unbranched alkanes of at least 4 members (excludes halogenated alkanes) is 10. The van der Waals surface area contributed by atoms with Gasteiger partial charge in [0, 0.05) is 23.3 Å². The first-order valence-electron chi connectivity index (χ1n) is 17.0. The van der Waals surface area contributed by atoms with Gasteiger partial charge in [-0.25, -0.2) is 58.7 Å². The summed E-state index contributed by atoms with van der Waals surface area (Å²) in [5.74, 6) is -3.90. The fourth-order valence-corrected chi connectivity index (χ4v) is 6.63. The zero-order valence-electron chi connectivity index (χ0n) is 29.4. The molecule has 0 radical (unpaired) electrons. The van der Waals surface area contributed by atoms with Gasteiger partial charge in [0.1, 0.15) is 0 Å². The smallest absolute Gasteiger partial charge is 0.334 e. The number of halogens is 4. The Bertz CT molecular complexity index is 1470. The molecular weight excluding hydrogens is 736 g/mol. The topological polar surface area (TPSA) is 92.3 Å². The maximum absolute atomic E-state index is 13.3. The molecule has 0 saturated carbocycles. The minimum Gasteiger partial charge on any atom is -0.334 e. The fraction of sp³-hybridized carbons (Fsp3) is 0.421. The third kappa shape index (κ3) is 25.6. The molecule has 0 fully saturated rings. The summed E-state index contributed by atoms with van der Waals surface area (Å²) in [4.78, 5) is 0. The maximum atomic E-state index is 13.3. The number of sulfonamides is 2. The predicted octanol–water partition coefficient (Wildman–Crippen LogP) is 10.5. The summed E-state index contributed by atoms with van der Waals surface area (Å²) < 4.78 is 103. The summed E-state index contributed by atoms with van der Waals surface area (Å²) in [6.07, 6.45) is 11.5. The van der Waals surface area contributed by atoms with E-state index in [0.717, 1.165) is 88.5 Å². The first kappa shape index (κ1) is 48.1. The summed E-state index contributed by atoms with van der Waals surface area (Å²) in [5, 5.41) is 0. The molecule has 280 valence electrons. The molecule has 0 unspecified atom stereocenters. The minimum absolute atomic E-state index is 0. The van der Waals surface area contributed by atoms with Crippen LogP contribution >= 0.6 is 0 Å². The third-order valence-electron chi connectivity index (χ3n) is 6.90. The van der Waals surface area contributed by atoms with E-state index in [-0.39, 0.29) is 44.6 Å². The number of hydrogen-bond acceptors (Lipinski definition) is 4. The van der Waals surface area contributed by atoms with Crippen molar-refractivity contribution in [1.82, 2.24) is 0 Å². The van der Waals surface area contributed by atoms with Gasteiger partial charge in [0.15, 0.2) is 0 Å². The minimum atomic E-state index is -3.60. The molecule has 4 rings (SSSR count). The largest absolute Gasteiger partial charge is 4.00 e. The molecular formula is C38H50F4N2O4S2Ti. The average Bonchev–Trinajstić information content (AvgIpc) is 3.84. The van der Waals surface area contributed by atoms with Gasteiger partial charge < -0.3 is 9.44 Å². The van der Waals surface area contributed by atoms with Crippen LogP contribution in [0, 0.1) is 35.4 Å². The Labute approximate surface area is 318 Å². The van der Waals surface area contributed by atoms with E-state index in [2.05, 4.69) is 23.3 Å². The van der Waals surface area contributed by atoms with E-state index in [4.69, 9.17) is 0 Å². The van der Waals surface area contributed by atoms with E-state index < -0.39 is 43.3 Å². The van der Waals surface area contributed by atoms with Crippen LogP contribution in [0.1, 0.15) is 90.9 Å². The predicted molar refractivity (Wildman–Crippen MR) is 196 cm³/mol. The van der Waals surface area contributed by atoms with Crippen LogP contribution in [0.4, 0.5) is 28.9 Å². The van der Waals surface area contributed by atoms with E-state index >= 15 is 0 Å². The molecule has 13 heteroatoms. The Kier molecular flexibility index (Phi) is 27.0. The number of nitrogens with one attached hydrogen (secondary N) is 2. The van der Waals surface area contributed by atoms with Gasteiger partial charge in [0.05, 0.1) is 11.5 Å². The molecule has 4 aromatic rings. The number of hydrogen-bond donors (Lipinski definition) is 2. The van der Waals surface area contributed by atoms with Gasteiger partial charge in [0.2, 0.25) is 20.0 Å². The summed E-state index contributed by atoms with van der Waals surface area (Å²) in [6, 6.07) is 27.6. The van der Waals surface area contributed by atoms with E-state index in [9.17, 15) is 34.4 Å². The summed E-state index contributed by atoms with van der Waals surface area (Å²) in [6.45, 7) is 4.23. The molecule has 0 atom stereocenters. The van der Waals surface area contributed by atoms with Crippen LogP contribution in [0.2, 0.25) is 0 Å². The van der Waals surface area contributed by atoms with Crippen molar-refractivity contribution in [3.05, 3.63) is 120 Å². The normalized spacial score (nSPS) is 10.6. The quantitative estimate of drug-likeness (QED) is 0.0455. The molecule has 0 amide bonds. The van der Waals surface area contributed by atoms with Crippen molar-refractivity contribution in [3.8, 4) is 0 Å². The summed E-state index contributed by atoms with van der Waals surface area (Å²) >= 11 is 0. The van der Waals surface area contributed by atoms with Crippen molar-refractivity contribution < 1.29 is 56.1 Å². The molecule has 51 heavy (non-hydrogen) atoms.